The van der Waals surface area contributed by atoms with Gasteiger partial charge in [0.15, 0.2) is 0 Å². The number of carbonyl (C=O) groups excluding carboxylic acids is 1. The highest BCUT2D eigenvalue weighted by Crippen LogP contribution is 2.25. The van der Waals surface area contributed by atoms with Crippen molar-refractivity contribution < 1.29 is 4.79 Å². The smallest absolute Gasteiger partial charge is 0.223 e. The Morgan fingerprint density at radius 3 is 2.50 bits per heavy atom. The minimum Gasteiger partial charge on any atom is -0.355 e. The monoisotopic (exact) mass is 478 g/mol. The van der Waals surface area contributed by atoms with Crippen LogP contribution in [0.4, 0.5) is 0 Å². The molecule has 2 aliphatic heterocycles. The largest absolute Gasteiger partial charge is 0.355 e. The van der Waals surface area contributed by atoms with Gasteiger partial charge in [0.05, 0.1) is 0 Å². The number of fused-ring (bicyclic) bond motifs is 1. The first-order chi connectivity index (χ1) is 16.7. The number of hydrogen-bond donors (Lipinski definition) is 1. The minimum atomic E-state index is 0.146. The fraction of sp³-hybridized carbons (Fsp3) is 0.464. The van der Waals surface area contributed by atoms with Crippen molar-refractivity contribution in [2.24, 2.45) is 5.92 Å². The number of carbonyl (C=O) groups is 1. The molecule has 2 fully saturated rings. The molecule has 6 heteroatoms. The lowest BCUT2D eigenvalue weighted by Crippen LogP contribution is -2.42. The molecule has 0 unspecified atom stereocenters. The average Bonchev–Trinajstić information content (AvgIpc) is 3.48. The average molecular weight is 479 g/mol. The topological polar surface area (TPSA) is 40.5 Å². The Balaban J connectivity index is 1.19. The van der Waals surface area contributed by atoms with Crippen molar-refractivity contribution >= 4 is 28.4 Å². The summed E-state index contributed by atoms with van der Waals surface area (Å²) >= 11 is 6.25. The zero-order chi connectivity index (χ0) is 23.3. The first-order valence-electron chi connectivity index (χ1n) is 12.7. The molecular weight excluding hydrogens is 444 g/mol. The number of amides is 1. The van der Waals surface area contributed by atoms with Crippen molar-refractivity contribution in [1.29, 1.82) is 0 Å². The Labute approximate surface area is 207 Å². The highest BCUT2D eigenvalue weighted by Gasteiger charge is 2.25. The lowest BCUT2D eigenvalue weighted by molar-refractivity contribution is -0.126. The summed E-state index contributed by atoms with van der Waals surface area (Å²) in [5.41, 5.74) is 3.78. The summed E-state index contributed by atoms with van der Waals surface area (Å²) in [7, 11) is 0. The van der Waals surface area contributed by atoms with Crippen LogP contribution < -0.4 is 5.32 Å². The van der Waals surface area contributed by atoms with E-state index in [-0.39, 0.29) is 11.8 Å². The molecule has 2 aliphatic rings. The molecule has 0 saturated carbocycles. The van der Waals surface area contributed by atoms with Gasteiger partial charge in [-0.1, -0.05) is 41.9 Å². The van der Waals surface area contributed by atoms with Gasteiger partial charge in [-0.25, -0.2) is 0 Å². The molecule has 3 heterocycles. The van der Waals surface area contributed by atoms with Gasteiger partial charge in [-0.15, -0.1) is 0 Å². The molecule has 0 atom stereocenters. The third-order valence-corrected chi connectivity index (χ3v) is 7.63. The quantitative estimate of drug-likeness (QED) is 0.507. The summed E-state index contributed by atoms with van der Waals surface area (Å²) in [5, 5.41) is 5.23. The number of para-hydroxylation sites is 1. The lowest BCUT2D eigenvalue weighted by Gasteiger charge is -2.31. The van der Waals surface area contributed by atoms with Gasteiger partial charge in [-0.2, -0.15) is 0 Å². The Bertz CT molecular complexity index is 1110. The summed E-state index contributed by atoms with van der Waals surface area (Å²) in [5.74, 6) is 0.390. The fourth-order valence-corrected chi connectivity index (χ4v) is 5.69. The number of nitrogens with zero attached hydrogens (tertiary/aromatic N) is 3. The molecule has 180 valence electrons. The summed E-state index contributed by atoms with van der Waals surface area (Å²) < 4.78 is 2.41. The molecule has 5 nitrogen and oxygen atoms in total. The van der Waals surface area contributed by atoms with E-state index >= 15 is 0 Å². The van der Waals surface area contributed by atoms with Crippen LogP contribution >= 0.6 is 11.6 Å². The number of hydrogen-bond acceptors (Lipinski definition) is 3. The molecule has 1 N–H and O–H groups in total. The van der Waals surface area contributed by atoms with Crippen LogP contribution in [0.1, 0.15) is 36.9 Å². The van der Waals surface area contributed by atoms with E-state index in [4.69, 9.17) is 11.6 Å². The summed E-state index contributed by atoms with van der Waals surface area (Å²) in [6, 6.07) is 19.0. The highest BCUT2D eigenvalue weighted by molar-refractivity contribution is 6.30. The predicted octanol–water partition coefficient (Wildman–Crippen LogP) is 4.77. The normalized spacial score (nSPS) is 18.0. The second kappa shape index (κ2) is 10.9. The second-order valence-electron chi connectivity index (χ2n) is 9.80. The van der Waals surface area contributed by atoms with Crippen molar-refractivity contribution in [2.45, 2.75) is 38.8 Å². The number of nitrogens with one attached hydrogen (secondary N) is 1. The van der Waals surface area contributed by atoms with Crippen LogP contribution in [0.5, 0.6) is 0 Å². The first kappa shape index (κ1) is 23.4. The third kappa shape index (κ3) is 5.65. The molecule has 0 spiro atoms. The van der Waals surface area contributed by atoms with E-state index in [2.05, 4.69) is 56.1 Å². The van der Waals surface area contributed by atoms with Crippen LogP contribution in [0.3, 0.4) is 0 Å². The molecule has 0 radical (unpaired) electrons. The van der Waals surface area contributed by atoms with E-state index in [1.54, 1.807) is 0 Å². The maximum atomic E-state index is 12.7. The molecule has 3 aromatic rings. The molecule has 2 aromatic carbocycles. The molecule has 2 saturated heterocycles. The van der Waals surface area contributed by atoms with E-state index in [9.17, 15) is 4.79 Å². The van der Waals surface area contributed by atoms with Crippen molar-refractivity contribution in [3.63, 3.8) is 0 Å². The summed E-state index contributed by atoms with van der Waals surface area (Å²) in [4.78, 5) is 17.6. The van der Waals surface area contributed by atoms with Gasteiger partial charge in [0.1, 0.15) is 0 Å². The molecule has 1 amide bonds. The maximum Gasteiger partial charge on any atom is 0.223 e. The predicted molar refractivity (Wildman–Crippen MR) is 139 cm³/mol. The number of benzene rings is 2. The molecule has 5 rings (SSSR count). The SMILES string of the molecule is O=C(NCCN1CCCC1)C1CCN(Cc2cc3ccccc3n2Cc2cccc(Cl)c2)CC1. The van der Waals surface area contributed by atoms with Crippen molar-refractivity contribution in [2.75, 3.05) is 39.3 Å². The number of piperidine rings is 1. The zero-order valence-corrected chi connectivity index (χ0v) is 20.6. The number of halogens is 1. The molecule has 0 aliphatic carbocycles. The van der Waals surface area contributed by atoms with Gasteiger partial charge in [0, 0.05) is 48.3 Å². The Morgan fingerprint density at radius 1 is 0.912 bits per heavy atom. The second-order valence-corrected chi connectivity index (χ2v) is 10.2. The molecule has 0 bridgehead atoms. The molecule has 1 aromatic heterocycles. The summed E-state index contributed by atoms with van der Waals surface area (Å²) in [6.45, 7) is 7.76. The van der Waals surface area contributed by atoms with Crippen LogP contribution in [0, 0.1) is 5.92 Å². The van der Waals surface area contributed by atoms with E-state index < -0.39 is 0 Å². The van der Waals surface area contributed by atoms with Crippen LogP contribution in [-0.4, -0.2) is 59.5 Å². The Morgan fingerprint density at radius 2 is 1.71 bits per heavy atom. The molecule has 34 heavy (non-hydrogen) atoms. The third-order valence-electron chi connectivity index (χ3n) is 7.40. The van der Waals surface area contributed by atoms with Gasteiger partial charge < -0.3 is 14.8 Å². The van der Waals surface area contributed by atoms with E-state index in [0.29, 0.717) is 0 Å². The highest BCUT2D eigenvalue weighted by atomic mass is 35.5. The van der Waals surface area contributed by atoms with Gasteiger partial charge in [-0.05, 0) is 87.1 Å². The number of likely N-dealkylation sites (tertiary alicyclic amines) is 2. The van der Waals surface area contributed by atoms with E-state index in [0.717, 1.165) is 57.1 Å². The van der Waals surface area contributed by atoms with E-state index in [1.165, 1.54) is 48.1 Å². The van der Waals surface area contributed by atoms with Crippen molar-refractivity contribution in [3.05, 3.63) is 70.9 Å². The minimum absolute atomic E-state index is 0.146. The molecular formula is C28H35ClN4O. The van der Waals surface area contributed by atoms with Crippen LogP contribution in [0.25, 0.3) is 10.9 Å². The Kier molecular flexibility index (Phi) is 7.53. The van der Waals surface area contributed by atoms with Crippen LogP contribution in [0.2, 0.25) is 5.02 Å². The number of aromatic nitrogens is 1. The van der Waals surface area contributed by atoms with Crippen molar-refractivity contribution in [3.8, 4) is 0 Å². The van der Waals surface area contributed by atoms with Crippen molar-refractivity contribution in [1.82, 2.24) is 19.7 Å². The zero-order valence-electron chi connectivity index (χ0n) is 19.9. The van der Waals surface area contributed by atoms with Gasteiger partial charge in [-0.3, -0.25) is 9.69 Å². The summed E-state index contributed by atoms with van der Waals surface area (Å²) in [6.07, 6.45) is 4.46. The van der Waals surface area contributed by atoms with Gasteiger partial charge in [0.25, 0.3) is 0 Å². The maximum absolute atomic E-state index is 12.7. The lowest BCUT2D eigenvalue weighted by atomic mass is 9.96. The van der Waals surface area contributed by atoms with Gasteiger partial charge >= 0.3 is 0 Å². The standard InChI is InChI=1S/C28H35ClN4O/c29-25-8-5-6-22(18-25)20-33-26(19-24-7-1-2-9-27(24)33)21-32-15-10-23(11-16-32)28(34)30-12-17-31-13-3-4-14-31/h1-2,5-9,18-19,23H,3-4,10-17,20-21H2,(H,30,34). The van der Waals surface area contributed by atoms with Gasteiger partial charge in [0.2, 0.25) is 5.91 Å². The van der Waals surface area contributed by atoms with Crippen LogP contribution in [-0.2, 0) is 17.9 Å². The van der Waals surface area contributed by atoms with E-state index in [1.807, 2.05) is 18.2 Å². The first-order valence-corrected chi connectivity index (χ1v) is 13.1. The number of rotatable bonds is 8. The Hall–Kier alpha value is -2.34. The van der Waals surface area contributed by atoms with Crippen LogP contribution in [0.15, 0.2) is 54.6 Å². The fourth-order valence-electron chi connectivity index (χ4n) is 5.47.